The van der Waals surface area contributed by atoms with Gasteiger partial charge in [0, 0.05) is 5.57 Å². The van der Waals surface area contributed by atoms with Crippen molar-refractivity contribution in [3.8, 4) is 0 Å². The summed E-state index contributed by atoms with van der Waals surface area (Å²) in [4.78, 5) is 45.6. The summed E-state index contributed by atoms with van der Waals surface area (Å²) in [6.45, 7) is 14.3. The van der Waals surface area contributed by atoms with E-state index < -0.39 is 35.9 Å². The van der Waals surface area contributed by atoms with Crippen molar-refractivity contribution in [1.82, 2.24) is 0 Å². The lowest BCUT2D eigenvalue weighted by atomic mass is 9.84. The zero-order valence-electron chi connectivity index (χ0n) is 21.5. The van der Waals surface area contributed by atoms with Crippen LogP contribution in [-0.2, 0) is 23.9 Å². The molecule has 0 aromatic carbocycles. The summed E-state index contributed by atoms with van der Waals surface area (Å²) in [5.74, 6) is -4.78. The number of hydrogen-bond acceptors (Lipinski definition) is 5. The normalized spacial score (nSPS) is 16.9. The maximum absolute atomic E-state index is 12.1. The van der Waals surface area contributed by atoms with Crippen molar-refractivity contribution in [3.05, 3.63) is 23.3 Å². The van der Waals surface area contributed by atoms with Crippen molar-refractivity contribution in [2.24, 2.45) is 29.6 Å². The number of carboxylic acids is 3. The van der Waals surface area contributed by atoms with Gasteiger partial charge in [-0.25, -0.2) is 14.4 Å². The van der Waals surface area contributed by atoms with Gasteiger partial charge in [0.15, 0.2) is 0 Å². The Morgan fingerprint density at radius 2 is 1.32 bits per heavy atom. The minimum Gasteiger partial charge on any atom is -0.478 e. The molecule has 0 bridgehead atoms. The molecule has 0 saturated heterocycles. The summed E-state index contributed by atoms with van der Waals surface area (Å²) in [5.41, 5.74) is 0.710. The number of rotatable bonds is 16. The second-order valence-corrected chi connectivity index (χ2v) is 9.89. The standard InChI is InChI=1S/C26H42O8/c1-8-15(2)9-16(3)10-17(4)11-18(5)12-19(6)13-21(23(27)28)14-20(7)26(33)34-22(24(29)30)25(31)32/h12-13,15-18,20,22H,8-11,14H2,1-7H3,(H,27,28)(H,29,30)(H,31,32)/b19-12+,21-13+. The van der Waals surface area contributed by atoms with E-state index in [2.05, 4.69) is 39.4 Å². The summed E-state index contributed by atoms with van der Waals surface area (Å²) in [7, 11) is 0. The predicted molar refractivity (Wildman–Crippen MR) is 129 cm³/mol. The van der Waals surface area contributed by atoms with Crippen LogP contribution in [0.15, 0.2) is 23.3 Å². The van der Waals surface area contributed by atoms with E-state index in [0.29, 0.717) is 11.8 Å². The number of ether oxygens (including phenoxy) is 1. The lowest BCUT2D eigenvalue weighted by Gasteiger charge is -2.21. The summed E-state index contributed by atoms with van der Waals surface area (Å²) in [6, 6.07) is 0. The van der Waals surface area contributed by atoms with Crippen LogP contribution in [0.2, 0.25) is 0 Å². The summed E-state index contributed by atoms with van der Waals surface area (Å²) in [5, 5.41) is 27.2. The molecule has 0 rings (SSSR count). The van der Waals surface area contributed by atoms with Crippen molar-refractivity contribution >= 4 is 23.9 Å². The second-order valence-electron chi connectivity index (χ2n) is 9.89. The Balaban J connectivity index is 5.13. The molecule has 0 saturated carbocycles. The Labute approximate surface area is 203 Å². The number of aliphatic carboxylic acids is 3. The second kappa shape index (κ2) is 15.3. The average Bonchev–Trinajstić information content (AvgIpc) is 2.69. The van der Waals surface area contributed by atoms with Crippen molar-refractivity contribution in [2.45, 2.75) is 86.7 Å². The van der Waals surface area contributed by atoms with Crippen LogP contribution in [0, 0.1) is 29.6 Å². The van der Waals surface area contributed by atoms with E-state index in [1.807, 2.05) is 6.08 Å². The molecule has 5 unspecified atom stereocenters. The zero-order valence-corrected chi connectivity index (χ0v) is 21.5. The Kier molecular flexibility index (Phi) is 14.1. The van der Waals surface area contributed by atoms with Crippen molar-refractivity contribution < 1.29 is 39.2 Å². The van der Waals surface area contributed by atoms with Gasteiger partial charge in [0.2, 0.25) is 0 Å². The van der Waals surface area contributed by atoms with Gasteiger partial charge >= 0.3 is 23.9 Å². The topological polar surface area (TPSA) is 138 Å². The van der Waals surface area contributed by atoms with Gasteiger partial charge in [-0.05, 0) is 62.4 Å². The molecule has 0 fully saturated rings. The Bertz CT molecular complexity index is 753. The first-order chi connectivity index (χ1) is 15.7. The molecule has 0 aliphatic heterocycles. The minimum atomic E-state index is -2.33. The number of carbonyl (C=O) groups is 4. The molecule has 194 valence electrons. The first-order valence-electron chi connectivity index (χ1n) is 12.0. The third-order valence-corrected chi connectivity index (χ3v) is 5.92. The van der Waals surface area contributed by atoms with E-state index in [0.717, 1.165) is 24.3 Å². The highest BCUT2D eigenvalue weighted by Crippen LogP contribution is 2.26. The number of carboxylic acid groups (broad SMARTS) is 3. The summed E-state index contributed by atoms with van der Waals surface area (Å²) in [6.07, 6.45) is 5.48. The molecule has 5 atom stereocenters. The summed E-state index contributed by atoms with van der Waals surface area (Å²) < 4.78 is 4.52. The monoisotopic (exact) mass is 482 g/mol. The van der Waals surface area contributed by atoms with E-state index in [-0.39, 0.29) is 17.9 Å². The Hall–Kier alpha value is -2.64. The molecule has 0 aromatic heterocycles. The van der Waals surface area contributed by atoms with Crippen LogP contribution in [0.3, 0.4) is 0 Å². The third-order valence-electron chi connectivity index (χ3n) is 5.92. The van der Waals surface area contributed by atoms with E-state index in [4.69, 9.17) is 10.2 Å². The number of carbonyl (C=O) groups excluding carboxylic acids is 1. The van der Waals surface area contributed by atoms with E-state index >= 15 is 0 Å². The van der Waals surface area contributed by atoms with Gasteiger partial charge in [0.25, 0.3) is 6.10 Å². The fourth-order valence-corrected chi connectivity index (χ4v) is 4.27. The zero-order chi connectivity index (χ0) is 26.6. The van der Waals surface area contributed by atoms with Crippen molar-refractivity contribution in [2.75, 3.05) is 0 Å². The lowest BCUT2D eigenvalue weighted by molar-refractivity contribution is -0.176. The molecule has 3 N–H and O–H groups in total. The maximum Gasteiger partial charge on any atom is 0.356 e. The van der Waals surface area contributed by atoms with Crippen LogP contribution < -0.4 is 0 Å². The summed E-state index contributed by atoms with van der Waals surface area (Å²) >= 11 is 0. The van der Waals surface area contributed by atoms with E-state index in [1.54, 1.807) is 6.92 Å². The van der Waals surface area contributed by atoms with Gasteiger partial charge in [-0.1, -0.05) is 59.6 Å². The highest BCUT2D eigenvalue weighted by atomic mass is 16.6. The molecule has 8 nitrogen and oxygen atoms in total. The molecule has 0 radical (unpaired) electrons. The van der Waals surface area contributed by atoms with Gasteiger partial charge in [-0.2, -0.15) is 0 Å². The molecule has 0 aliphatic rings. The first-order valence-corrected chi connectivity index (χ1v) is 12.0. The fourth-order valence-electron chi connectivity index (χ4n) is 4.27. The molecule has 0 aliphatic carbocycles. The Morgan fingerprint density at radius 1 is 0.824 bits per heavy atom. The van der Waals surface area contributed by atoms with Crippen LogP contribution >= 0.6 is 0 Å². The van der Waals surface area contributed by atoms with Gasteiger partial charge in [0.05, 0.1) is 5.92 Å². The predicted octanol–water partition coefficient (Wildman–Crippen LogP) is 5.18. The van der Waals surface area contributed by atoms with Gasteiger partial charge in [-0.3, -0.25) is 4.79 Å². The highest BCUT2D eigenvalue weighted by molar-refractivity contribution is 5.98. The van der Waals surface area contributed by atoms with Gasteiger partial charge in [-0.15, -0.1) is 0 Å². The van der Waals surface area contributed by atoms with Gasteiger partial charge in [0.1, 0.15) is 0 Å². The largest absolute Gasteiger partial charge is 0.478 e. The Morgan fingerprint density at radius 3 is 1.79 bits per heavy atom. The van der Waals surface area contributed by atoms with Crippen molar-refractivity contribution in [1.29, 1.82) is 0 Å². The average molecular weight is 483 g/mol. The van der Waals surface area contributed by atoms with E-state index in [1.165, 1.54) is 25.8 Å². The fraction of sp³-hybridized carbons (Fsp3) is 0.692. The number of allylic oxidation sites excluding steroid dienone is 3. The highest BCUT2D eigenvalue weighted by Gasteiger charge is 2.32. The maximum atomic E-state index is 12.1. The SMILES string of the molecule is CCC(C)CC(C)CC(C)CC(C)/C=C(C)/C=C(\CC(C)C(=O)OC(C(=O)O)C(=O)O)C(=O)O. The van der Waals surface area contributed by atoms with Crippen LogP contribution in [0.4, 0.5) is 0 Å². The molecular weight excluding hydrogens is 440 g/mol. The molecule has 0 aromatic rings. The molecule has 0 spiro atoms. The van der Waals surface area contributed by atoms with Crippen molar-refractivity contribution in [3.63, 3.8) is 0 Å². The smallest absolute Gasteiger partial charge is 0.356 e. The van der Waals surface area contributed by atoms with Gasteiger partial charge < -0.3 is 20.1 Å². The quantitative estimate of drug-likeness (QED) is 0.118. The molecule has 0 amide bonds. The van der Waals surface area contributed by atoms with Crippen LogP contribution in [0.5, 0.6) is 0 Å². The third kappa shape index (κ3) is 12.6. The minimum absolute atomic E-state index is 0.0391. The number of hydrogen-bond donors (Lipinski definition) is 3. The molecule has 34 heavy (non-hydrogen) atoms. The van der Waals surface area contributed by atoms with Crippen LogP contribution in [-0.4, -0.2) is 45.3 Å². The molecule has 8 heteroatoms. The van der Waals surface area contributed by atoms with Crippen LogP contribution in [0.25, 0.3) is 0 Å². The number of esters is 1. The molecular formula is C26H42O8. The lowest BCUT2D eigenvalue weighted by Crippen LogP contribution is -2.36. The first kappa shape index (κ1) is 31.4. The van der Waals surface area contributed by atoms with E-state index in [9.17, 15) is 24.3 Å². The molecule has 0 heterocycles. The van der Waals surface area contributed by atoms with Crippen LogP contribution in [0.1, 0.15) is 80.6 Å².